The average Bonchev–Trinajstić information content (AvgIpc) is 2.79. The first-order chi connectivity index (χ1) is 14.2. The fourth-order valence-electron chi connectivity index (χ4n) is 3.43. The molecule has 1 fully saturated rings. The zero-order valence-electron chi connectivity index (χ0n) is 16.6. The van der Waals surface area contributed by atoms with Crippen molar-refractivity contribution in [3.63, 3.8) is 0 Å². The predicted molar refractivity (Wildman–Crippen MR) is 114 cm³/mol. The Hall–Kier alpha value is -3.25. The van der Waals surface area contributed by atoms with Gasteiger partial charge in [0.15, 0.2) is 11.5 Å². The van der Waals surface area contributed by atoms with Crippen LogP contribution in [0.3, 0.4) is 0 Å². The highest BCUT2D eigenvalue weighted by Gasteiger charge is 2.22. The summed E-state index contributed by atoms with van der Waals surface area (Å²) < 4.78 is 0. The lowest BCUT2D eigenvalue weighted by atomic mass is 10.2. The summed E-state index contributed by atoms with van der Waals surface area (Å²) in [5.74, 6) is 0.668. The monoisotopic (exact) mass is 387 g/mol. The lowest BCUT2D eigenvalue weighted by Crippen LogP contribution is -2.47. The number of nitrogens with zero attached hydrogens (tertiary/aromatic N) is 5. The minimum absolute atomic E-state index is 0.0496. The summed E-state index contributed by atoms with van der Waals surface area (Å²) in [5, 5.41) is 8.66. The highest BCUT2D eigenvalue weighted by atomic mass is 16.2. The molecule has 0 N–H and O–H groups in total. The van der Waals surface area contributed by atoms with Gasteiger partial charge in [-0.25, -0.2) is 0 Å². The maximum Gasteiger partial charge on any atom is 0.274 e. The van der Waals surface area contributed by atoms with Crippen LogP contribution in [-0.2, 0) is 6.54 Å². The lowest BCUT2D eigenvalue weighted by Gasteiger charge is -2.32. The van der Waals surface area contributed by atoms with E-state index in [4.69, 9.17) is 0 Å². The Morgan fingerprint density at radius 2 is 1.52 bits per heavy atom. The van der Waals surface area contributed by atoms with E-state index in [-0.39, 0.29) is 5.91 Å². The number of aromatic nitrogens is 2. The van der Waals surface area contributed by atoms with Gasteiger partial charge in [-0.05, 0) is 36.9 Å². The Labute approximate surface area is 171 Å². The van der Waals surface area contributed by atoms with Crippen molar-refractivity contribution in [3.05, 3.63) is 84.1 Å². The van der Waals surface area contributed by atoms with Crippen molar-refractivity contribution in [2.24, 2.45) is 0 Å². The third kappa shape index (κ3) is 4.60. The number of carbonyl (C=O) groups excluding carboxylic acids is 1. The number of piperazine rings is 1. The molecule has 29 heavy (non-hydrogen) atoms. The summed E-state index contributed by atoms with van der Waals surface area (Å²) in [5.41, 5.74) is 2.60. The van der Waals surface area contributed by atoms with Gasteiger partial charge in [0, 0.05) is 38.4 Å². The third-order valence-electron chi connectivity index (χ3n) is 5.19. The van der Waals surface area contributed by atoms with Crippen LogP contribution in [0.25, 0.3) is 0 Å². The minimum atomic E-state index is -0.0496. The van der Waals surface area contributed by atoms with Crippen LogP contribution in [0.15, 0.2) is 72.8 Å². The van der Waals surface area contributed by atoms with Crippen LogP contribution in [0.1, 0.15) is 16.1 Å². The van der Waals surface area contributed by atoms with Crippen molar-refractivity contribution >= 4 is 17.4 Å². The van der Waals surface area contributed by atoms with Gasteiger partial charge in [-0.2, -0.15) is 0 Å². The highest BCUT2D eigenvalue weighted by Crippen LogP contribution is 2.25. The molecule has 0 radical (unpaired) electrons. The molecule has 0 bridgehead atoms. The standard InChI is InChI=1S/C23H25N5O/c1-26-14-16-27(17-15-26)23(29)21-12-13-22(25-24-21)28(20-10-6-3-7-11-20)18-19-8-4-2-5-9-19/h2-13H,14-18H2,1H3. The molecule has 0 atom stereocenters. The predicted octanol–water partition coefficient (Wildman–Crippen LogP) is 3.20. The molecule has 4 rings (SSSR count). The van der Waals surface area contributed by atoms with Crippen molar-refractivity contribution < 1.29 is 4.79 Å². The number of hydrogen-bond acceptors (Lipinski definition) is 5. The van der Waals surface area contributed by atoms with Gasteiger partial charge in [0.2, 0.25) is 0 Å². The molecule has 2 heterocycles. The van der Waals surface area contributed by atoms with E-state index >= 15 is 0 Å². The van der Waals surface area contributed by atoms with Crippen molar-refractivity contribution in [2.75, 3.05) is 38.1 Å². The zero-order chi connectivity index (χ0) is 20.1. The van der Waals surface area contributed by atoms with Crippen molar-refractivity contribution in [1.82, 2.24) is 20.0 Å². The number of anilines is 2. The van der Waals surface area contributed by atoms with E-state index in [9.17, 15) is 4.79 Å². The van der Waals surface area contributed by atoms with E-state index in [1.165, 1.54) is 5.56 Å². The molecule has 1 aliphatic rings. The number of hydrogen-bond donors (Lipinski definition) is 0. The second-order valence-electron chi connectivity index (χ2n) is 7.28. The van der Waals surface area contributed by atoms with E-state index in [0.717, 1.165) is 37.7 Å². The fourth-order valence-corrected chi connectivity index (χ4v) is 3.43. The topological polar surface area (TPSA) is 52.6 Å². The smallest absolute Gasteiger partial charge is 0.274 e. The van der Waals surface area contributed by atoms with Crippen LogP contribution in [0.5, 0.6) is 0 Å². The molecular weight excluding hydrogens is 362 g/mol. The van der Waals surface area contributed by atoms with Crippen molar-refractivity contribution in [1.29, 1.82) is 0 Å². The van der Waals surface area contributed by atoms with Crippen LogP contribution in [0.4, 0.5) is 11.5 Å². The summed E-state index contributed by atoms with van der Waals surface area (Å²) in [6.07, 6.45) is 0. The van der Waals surface area contributed by atoms with Crippen LogP contribution in [-0.4, -0.2) is 59.1 Å². The van der Waals surface area contributed by atoms with Gasteiger partial charge in [-0.1, -0.05) is 48.5 Å². The van der Waals surface area contributed by atoms with E-state index in [1.54, 1.807) is 6.07 Å². The van der Waals surface area contributed by atoms with Gasteiger partial charge in [0.05, 0.1) is 0 Å². The fraction of sp³-hybridized carbons (Fsp3) is 0.261. The molecule has 0 aliphatic carbocycles. The van der Waals surface area contributed by atoms with E-state index < -0.39 is 0 Å². The molecule has 0 spiro atoms. The molecule has 6 heteroatoms. The van der Waals surface area contributed by atoms with Crippen molar-refractivity contribution in [2.45, 2.75) is 6.54 Å². The Balaban J connectivity index is 1.56. The number of para-hydroxylation sites is 1. The molecule has 148 valence electrons. The average molecular weight is 387 g/mol. The number of rotatable bonds is 5. The largest absolute Gasteiger partial charge is 0.335 e. The Kier molecular flexibility index (Phi) is 5.81. The van der Waals surface area contributed by atoms with E-state index in [1.807, 2.05) is 59.5 Å². The van der Waals surface area contributed by atoms with Crippen LogP contribution < -0.4 is 4.90 Å². The summed E-state index contributed by atoms with van der Waals surface area (Å²) in [7, 11) is 2.07. The number of likely N-dealkylation sites (N-methyl/N-ethyl adjacent to an activating group) is 1. The van der Waals surface area contributed by atoms with Crippen LogP contribution in [0, 0.1) is 0 Å². The first-order valence-corrected chi connectivity index (χ1v) is 9.89. The molecular formula is C23H25N5O. The maximum atomic E-state index is 12.7. The number of carbonyl (C=O) groups is 1. The normalized spacial score (nSPS) is 14.6. The second kappa shape index (κ2) is 8.84. The van der Waals surface area contributed by atoms with Gasteiger partial charge >= 0.3 is 0 Å². The molecule has 0 saturated carbocycles. The van der Waals surface area contributed by atoms with Gasteiger partial charge in [0.25, 0.3) is 5.91 Å². The maximum absolute atomic E-state index is 12.7. The van der Waals surface area contributed by atoms with E-state index in [2.05, 4.69) is 39.2 Å². The van der Waals surface area contributed by atoms with Gasteiger partial charge < -0.3 is 14.7 Å². The summed E-state index contributed by atoms with van der Waals surface area (Å²) in [6, 6.07) is 24.0. The van der Waals surface area contributed by atoms with Gasteiger partial charge in [0.1, 0.15) is 0 Å². The molecule has 1 saturated heterocycles. The van der Waals surface area contributed by atoms with Crippen LogP contribution in [0.2, 0.25) is 0 Å². The summed E-state index contributed by atoms with van der Waals surface area (Å²) in [6.45, 7) is 3.89. The minimum Gasteiger partial charge on any atom is -0.335 e. The third-order valence-corrected chi connectivity index (χ3v) is 5.19. The second-order valence-corrected chi connectivity index (χ2v) is 7.28. The molecule has 1 aliphatic heterocycles. The van der Waals surface area contributed by atoms with Gasteiger partial charge in [-0.3, -0.25) is 4.79 Å². The van der Waals surface area contributed by atoms with E-state index in [0.29, 0.717) is 12.2 Å². The van der Waals surface area contributed by atoms with Crippen LogP contribution >= 0.6 is 0 Å². The summed E-state index contributed by atoms with van der Waals surface area (Å²) >= 11 is 0. The SMILES string of the molecule is CN1CCN(C(=O)c2ccc(N(Cc3ccccc3)c3ccccc3)nn2)CC1. The number of benzene rings is 2. The molecule has 0 unspecified atom stereocenters. The Bertz CT molecular complexity index is 923. The lowest BCUT2D eigenvalue weighted by molar-refractivity contribution is 0.0657. The quantitative estimate of drug-likeness (QED) is 0.673. The van der Waals surface area contributed by atoms with Gasteiger partial charge in [-0.15, -0.1) is 10.2 Å². The molecule has 2 aromatic carbocycles. The first kappa shape index (κ1) is 19.1. The Morgan fingerprint density at radius 1 is 0.862 bits per heavy atom. The summed E-state index contributed by atoms with van der Waals surface area (Å²) in [4.78, 5) is 18.9. The molecule has 1 amide bonds. The first-order valence-electron chi connectivity index (χ1n) is 9.89. The zero-order valence-corrected chi connectivity index (χ0v) is 16.6. The molecule has 3 aromatic rings. The molecule has 1 aromatic heterocycles. The Morgan fingerprint density at radius 3 is 2.14 bits per heavy atom. The highest BCUT2D eigenvalue weighted by molar-refractivity contribution is 5.92. The van der Waals surface area contributed by atoms with Crippen molar-refractivity contribution in [3.8, 4) is 0 Å². The molecule has 6 nitrogen and oxygen atoms in total. The number of amides is 1.